The monoisotopic (exact) mass is 372 g/mol. The molecule has 0 unspecified atom stereocenters. The number of ether oxygens (including phenoxy) is 2. The van der Waals surface area contributed by atoms with Gasteiger partial charge < -0.3 is 24.8 Å². The minimum atomic E-state index is -1.09. The van der Waals surface area contributed by atoms with Crippen LogP contribution in [0.25, 0.3) is 0 Å². The lowest BCUT2D eigenvalue weighted by atomic mass is 10.0. The minimum absolute atomic E-state index is 0.206. The van der Waals surface area contributed by atoms with Crippen LogP contribution in [0.5, 0.6) is 0 Å². The molecule has 1 aliphatic heterocycles. The maximum absolute atomic E-state index is 9.96. The first kappa shape index (κ1) is 23.6. The van der Waals surface area contributed by atoms with Gasteiger partial charge in [0.1, 0.15) is 24.4 Å². The molecule has 0 aromatic carbocycles. The van der Waals surface area contributed by atoms with Crippen LogP contribution in [-0.4, -0.2) is 59.6 Å². The van der Waals surface area contributed by atoms with Gasteiger partial charge in [0.25, 0.3) is 0 Å². The van der Waals surface area contributed by atoms with E-state index in [9.17, 15) is 10.2 Å². The molecule has 1 heterocycles. The van der Waals surface area contributed by atoms with Gasteiger partial charge in [0.05, 0.1) is 13.2 Å². The average molecular weight is 373 g/mol. The van der Waals surface area contributed by atoms with Crippen molar-refractivity contribution in [1.29, 1.82) is 0 Å². The highest BCUT2D eigenvalue weighted by atomic mass is 16.6. The molecule has 1 fully saturated rings. The number of unbranched alkanes of at least 4 members (excludes halogenated alkanes) is 9. The zero-order chi connectivity index (χ0) is 19.0. The van der Waals surface area contributed by atoms with Crippen LogP contribution in [0.1, 0.15) is 77.6 Å². The van der Waals surface area contributed by atoms with Gasteiger partial charge in [0.15, 0.2) is 0 Å². The third-order valence-corrected chi connectivity index (χ3v) is 5.00. The minimum Gasteiger partial charge on any atom is -0.394 e. The van der Waals surface area contributed by atoms with E-state index in [2.05, 4.69) is 19.1 Å². The quantitative estimate of drug-likeness (QED) is 0.303. The summed E-state index contributed by atoms with van der Waals surface area (Å²) in [7, 11) is 0. The van der Waals surface area contributed by atoms with Gasteiger partial charge in [-0.1, -0.05) is 64.0 Å². The van der Waals surface area contributed by atoms with Gasteiger partial charge >= 0.3 is 0 Å². The summed E-state index contributed by atoms with van der Waals surface area (Å²) in [6.07, 6.45) is 14.9. The molecule has 154 valence electrons. The molecule has 5 nitrogen and oxygen atoms in total. The van der Waals surface area contributed by atoms with Crippen molar-refractivity contribution in [3.63, 3.8) is 0 Å². The lowest BCUT2D eigenvalue weighted by Crippen LogP contribution is -2.55. The van der Waals surface area contributed by atoms with Crippen LogP contribution >= 0.6 is 0 Å². The molecule has 1 saturated heterocycles. The molecule has 4 atom stereocenters. The second-order valence-corrected chi connectivity index (χ2v) is 7.32. The van der Waals surface area contributed by atoms with Gasteiger partial charge in [-0.3, -0.25) is 0 Å². The fourth-order valence-corrected chi connectivity index (χ4v) is 3.23. The second-order valence-electron chi connectivity index (χ2n) is 7.32. The first-order valence-electron chi connectivity index (χ1n) is 10.6. The molecule has 0 radical (unpaired) electrons. The molecule has 0 spiro atoms. The van der Waals surface area contributed by atoms with Crippen molar-refractivity contribution in [2.24, 2.45) is 0 Å². The van der Waals surface area contributed by atoms with E-state index in [0.29, 0.717) is 6.61 Å². The highest BCUT2D eigenvalue weighted by Gasteiger charge is 2.38. The molecule has 5 heteroatoms. The van der Waals surface area contributed by atoms with Crippen LogP contribution in [0.4, 0.5) is 0 Å². The Balaban J connectivity index is 1.92. The molecule has 1 aliphatic rings. The predicted molar refractivity (Wildman–Crippen MR) is 104 cm³/mol. The topological polar surface area (TPSA) is 79.2 Å². The van der Waals surface area contributed by atoms with E-state index < -0.39 is 24.4 Å². The largest absolute Gasteiger partial charge is 0.394 e. The van der Waals surface area contributed by atoms with Crippen LogP contribution in [-0.2, 0) is 9.47 Å². The summed E-state index contributed by atoms with van der Waals surface area (Å²) in [5.41, 5.74) is 0. The number of rotatable bonds is 15. The maximum Gasteiger partial charge on any atom is 0.111 e. The van der Waals surface area contributed by atoms with Crippen molar-refractivity contribution in [2.75, 3.05) is 19.8 Å². The molecule has 0 bridgehead atoms. The van der Waals surface area contributed by atoms with Crippen molar-refractivity contribution in [3.05, 3.63) is 12.2 Å². The Bertz CT molecular complexity index is 347. The normalized spacial score (nSPS) is 26.6. The third kappa shape index (κ3) is 10.0. The number of allylic oxidation sites excluding steroid dienone is 2. The summed E-state index contributed by atoms with van der Waals surface area (Å²) < 4.78 is 10.9. The number of hydrogen-bond donors (Lipinski definition) is 3. The molecule has 0 saturated carbocycles. The van der Waals surface area contributed by atoms with E-state index in [4.69, 9.17) is 14.6 Å². The van der Waals surface area contributed by atoms with E-state index in [-0.39, 0.29) is 13.2 Å². The molecule has 0 amide bonds. The summed E-state index contributed by atoms with van der Waals surface area (Å²) in [4.78, 5) is 0. The Kier molecular flexibility index (Phi) is 14.1. The lowest BCUT2D eigenvalue weighted by Gasteiger charge is -2.36. The van der Waals surface area contributed by atoms with Gasteiger partial charge in [0.2, 0.25) is 0 Å². The summed E-state index contributed by atoms with van der Waals surface area (Å²) >= 11 is 0. The zero-order valence-corrected chi connectivity index (χ0v) is 16.5. The van der Waals surface area contributed by atoms with Gasteiger partial charge in [-0.05, 0) is 25.7 Å². The predicted octanol–water partition coefficient (Wildman–Crippen LogP) is 3.35. The zero-order valence-electron chi connectivity index (χ0n) is 16.5. The van der Waals surface area contributed by atoms with E-state index in [1.807, 2.05) is 0 Å². The molecule has 1 rings (SSSR count). The van der Waals surface area contributed by atoms with Crippen molar-refractivity contribution in [2.45, 2.75) is 102 Å². The van der Waals surface area contributed by atoms with Crippen molar-refractivity contribution in [1.82, 2.24) is 0 Å². The van der Waals surface area contributed by atoms with Crippen LogP contribution < -0.4 is 0 Å². The number of aliphatic hydroxyl groups is 3. The van der Waals surface area contributed by atoms with Crippen molar-refractivity contribution < 1.29 is 24.8 Å². The Morgan fingerprint density at radius 1 is 0.885 bits per heavy atom. The van der Waals surface area contributed by atoms with Crippen LogP contribution in [0, 0.1) is 0 Å². The van der Waals surface area contributed by atoms with Crippen molar-refractivity contribution in [3.8, 4) is 0 Å². The molecular weight excluding hydrogens is 332 g/mol. The Hall–Kier alpha value is -0.460. The Morgan fingerprint density at radius 3 is 2.15 bits per heavy atom. The molecule has 0 aliphatic carbocycles. The SMILES string of the molecule is CCCCCCCCCC/C=C/CCCO[C@@H]1CO[C@@H](CO)[C@H](O)[C@H]1O. The standard InChI is InChI=1S/C21H40O5/c1-2-3-4-5-6-7-8-9-10-11-12-13-14-15-25-19-17-26-18(16-22)20(23)21(19)24/h11-12,18-24H,2-10,13-17H2,1H3/b12-11+/t18-,19+,20-,21-/m0/s1. The molecule has 3 N–H and O–H groups in total. The molecular formula is C21H40O5. The first-order valence-corrected chi connectivity index (χ1v) is 10.6. The summed E-state index contributed by atoms with van der Waals surface area (Å²) in [5.74, 6) is 0. The van der Waals surface area contributed by atoms with Gasteiger partial charge in [-0.25, -0.2) is 0 Å². The maximum atomic E-state index is 9.96. The van der Waals surface area contributed by atoms with E-state index in [1.54, 1.807) is 0 Å². The number of aliphatic hydroxyl groups excluding tert-OH is 3. The summed E-state index contributed by atoms with van der Waals surface area (Å²) in [5, 5.41) is 28.8. The van der Waals surface area contributed by atoms with Gasteiger partial charge in [-0.15, -0.1) is 0 Å². The fourth-order valence-electron chi connectivity index (χ4n) is 3.23. The molecule has 0 aromatic rings. The van der Waals surface area contributed by atoms with E-state index in [1.165, 1.54) is 51.4 Å². The lowest BCUT2D eigenvalue weighted by molar-refractivity contribution is -0.208. The summed E-state index contributed by atoms with van der Waals surface area (Å²) in [6, 6.07) is 0. The van der Waals surface area contributed by atoms with Crippen molar-refractivity contribution >= 4 is 0 Å². The van der Waals surface area contributed by atoms with Crippen LogP contribution in [0.2, 0.25) is 0 Å². The smallest absolute Gasteiger partial charge is 0.111 e. The van der Waals surface area contributed by atoms with Crippen LogP contribution in [0.15, 0.2) is 12.2 Å². The molecule has 26 heavy (non-hydrogen) atoms. The highest BCUT2D eigenvalue weighted by Crippen LogP contribution is 2.18. The molecule has 0 aromatic heterocycles. The Morgan fingerprint density at radius 2 is 1.50 bits per heavy atom. The Labute approximate surface area is 159 Å². The fraction of sp³-hybridized carbons (Fsp3) is 0.905. The second kappa shape index (κ2) is 15.6. The van der Waals surface area contributed by atoms with E-state index in [0.717, 1.165) is 19.3 Å². The average Bonchev–Trinajstić information content (AvgIpc) is 2.65. The van der Waals surface area contributed by atoms with Crippen LogP contribution in [0.3, 0.4) is 0 Å². The summed E-state index contributed by atoms with van der Waals surface area (Å²) in [6.45, 7) is 2.69. The van der Waals surface area contributed by atoms with Gasteiger partial charge in [-0.2, -0.15) is 0 Å². The third-order valence-electron chi connectivity index (χ3n) is 5.00. The highest BCUT2D eigenvalue weighted by molar-refractivity contribution is 4.87. The van der Waals surface area contributed by atoms with E-state index >= 15 is 0 Å². The van der Waals surface area contributed by atoms with Gasteiger partial charge in [0, 0.05) is 6.61 Å². The first-order chi connectivity index (χ1) is 12.7. The number of hydrogen-bond acceptors (Lipinski definition) is 5.